The first-order valence-electron chi connectivity index (χ1n) is 3.60. The summed E-state index contributed by atoms with van der Waals surface area (Å²) in [6.07, 6.45) is 4.71. The normalized spacial score (nSPS) is 10.1. The van der Waals surface area contributed by atoms with E-state index in [1.807, 2.05) is 12.1 Å². The lowest BCUT2D eigenvalue weighted by Crippen LogP contribution is -1.87. The van der Waals surface area contributed by atoms with Gasteiger partial charge in [-0.3, -0.25) is 5.73 Å². The molecule has 1 rings (SSSR count). The molecule has 55 valence electrons. The van der Waals surface area contributed by atoms with Gasteiger partial charge in [-0.1, -0.05) is 0 Å². The van der Waals surface area contributed by atoms with Gasteiger partial charge in [-0.2, -0.15) is 0 Å². The quantitative estimate of drug-likeness (QED) is 0.585. The molecule has 0 aliphatic heterocycles. The minimum absolute atomic E-state index is 0.528. The lowest BCUT2D eigenvalue weighted by molar-refractivity contribution is 0.498. The number of hydrogen-bond acceptors (Lipinski definition) is 1. The number of rotatable bonds is 4. The molecule has 10 heavy (non-hydrogen) atoms. The average Bonchev–Trinajstić information content (AvgIpc) is 2.41. The van der Waals surface area contributed by atoms with Crippen molar-refractivity contribution in [3.63, 3.8) is 0 Å². The minimum Gasteiger partial charge on any atom is -0.469 e. The Morgan fingerprint density at radius 2 is 2.30 bits per heavy atom. The maximum Gasteiger partial charge on any atom is 0.103 e. The van der Waals surface area contributed by atoms with Crippen LogP contribution < -0.4 is 5.73 Å². The summed E-state index contributed by atoms with van der Waals surface area (Å²) in [5, 5.41) is 0. The molecule has 0 saturated carbocycles. The van der Waals surface area contributed by atoms with Crippen molar-refractivity contribution in [2.45, 2.75) is 19.3 Å². The topological polar surface area (TPSA) is 36.9 Å². The number of aryl methyl sites for hydroxylation is 1. The Bertz CT molecular complexity index is 158. The van der Waals surface area contributed by atoms with E-state index >= 15 is 0 Å². The smallest absolute Gasteiger partial charge is 0.103 e. The molecule has 0 bridgehead atoms. The molecule has 1 aromatic rings. The van der Waals surface area contributed by atoms with Crippen molar-refractivity contribution >= 4 is 0 Å². The fourth-order valence-electron chi connectivity index (χ4n) is 0.879. The van der Waals surface area contributed by atoms with Gasteiger partial charge in [0, 0.05) is 13.0 Å². The second kappa shape index (κ2) is 4.12. The average molecular weight is 138 g/mol. The van der Waals surface area contributed by atoms with Crippen LogP contribution in [0, 0.1) is 0 Å². The Balaban J connectivity index is 2.15. The summed E-state index contributed by atoms with van der Waals surface area (Å²) >= 11 is 0. The zero-order valence-corrected chi connectivity index (χ0v) is 5.97. The predicted octanol–water partition coefficient (Wildman–Crippen LogP) is 1.89. The van der Waals surface area contributed by atoms with Crippen molar-refractivity contribution in [2.75, 3.05) is 6.54 Å². The third kappa shape index (κ3) is 2.23. The van der Waals surface area contributed by atoms with Crippen LogP contribution in [0.15, 0.2) is 22.8 Å². The molecule has 0 aliphatic rings. The summed E-state index contributed by atoms with van der Waals surface area (Å²) < 4.78 is 5.12. The largest absolute Gasteiger partial charge is 0.469 e. The summed E-state index contributed by atoms with van der Waals surface area (Å²) in [7, 11) is 0. The lowest BCUT2D eigenvalue weighted by Gasteiger charge is -1.92. The van der Waals surface area contributed by atoms with Gasteiger partial charge in [0.1, 0.15) is 5.76 Å². The highest BCUT2D eigenvalue weighted by atomic mass is 16.3. The van der Waals surface area contributed by atoms with Crippen LogP contribution in [-0.2, 0) is 6.42 Å². The van der Waals surface area contributed by atoms with Gasteiger partial charge >= 0.3 is 0 Å². The van der Waals surface area contributed by atoms with Crippen LogP contribution in [0.4, 0.5) is 0 Å². The second-order valence-electron chi connectivity index (χ2n) is 2.29. The van der Waals surface area contributed by atoms with Crippen LogP contribution in [0.1, 0.15) is 18.6 Å². The van der Waals surface area contributed by atoms with E-state index in [1.54, 1.807) is 6.26 Å². The van der Waals surface area contributed by atoms with Crippen molar-refractivity contribution in [1.29, 1.82) is 0 Å². The van der Waals surface area contributed by atoms with Crippen molar-refractivity contribution in [3.05, 3.63) is 24.2 Å². The molecule has 2 nitrogen and oxygen atoms in total. The SMILES string of the molecule is [NH]CCCCc1ccco1. The number of nitrogens with one attached hydrogen (secondary N) is 1. The summed E-state index contributed by atoms with van der Waals surface area (Å²) in [5.74, 6) is 1.04. The van der Waals surface area contributed by atoms with Crippen LogP contribution in [0.2, 0.25) is 0 Å². The highest BCUT2D eigenvalue weighted by Crippen LogP contribution is 2.04. The fraction of sp³-hybridized carbons (Fsp3) is 0.500. The molecule has 1 aromatic heterocycles. The molecule has 1 heterocycles. The van der Waals surface area contributed by atoms with E-state index in [9.17, 15) is 0 Å². The van der Waals surface area contributed by atoms with Crippen molar-refractivity contribution < 1.29 is 4.42 Å². The molecule has 0 atom stereocenters. The van der Waals surface area contributed by atoms with Crippen molar-refractivity contribution in [3.8, 4) is 0 Å². The summed E-state index contributed by atoms with van der Waals surface area (Å²) in [5.41, 5.74) is 6.90. The molecule has 0 saturated heterocycles. The van der Waals surface area contributed by atoms with E-state index in [2.05, 4.69) is 0 Å². The van der Waals surface area contributed by atoms with Gasteiger partial charge in [-0.15, -0.1) is 0 Å². The summed E-state index contributed by atoms with van der Waals surface area (Å²) in [6.45, 7) is 0.528. The molecular formula is C8H12NO. The standard InChI is InChI=1S/C8H12NO/c9-6-2-1-4-8-5-3-7-10-8/h3,5,7,9H,1-2,4,6H2. The van der Waals surface area contributed by atoms with Crippen molar-refractivity contribution in [1.82, 2.24) is 5.73 Å². The molecular weight excluding hydrogens is 126 g/mol. The Kier molecular flexibility index (Phi) is 3.03. The summed E-state index contributed by atoms with van der Waals surface area (Å²) in [6, 6.07) is 3.87. The highest BCUT2D eigenvalue weighted by Gasteiger charge is 1.93. The monoisotopic (exact) mass is 138 g/mol. The lowest BCUT2D eigenvalue weighted by atomic mass is 10.2. The molecule has 1 radical (unpaired) electrons. The van der Waals surface area contributed by atoms with Crippen LogP contribution in [0.25, 0.3) is 0 Å². The Hall–Kier alpha value is -0.760. The predicted molar refractivity (Wildman–Crippen MR) is 39.6 cm³/mol. The number of furan rings is 1. The van der Waals surface area contributed by atoms with E-state index < -0.39 is 0 Å². The van der Waals surface area contributed by atoms with E-state index in [4.69, 9.17) is 10.2 Å². The Morgan fingerprint density at radius 1 is 1.40 bits per heavy atom. The Morgan fingerprint density at radius 3 is 2.90 bits per heavy atom. The van der Waals surface area contributed by atoms with E-state index in [0.717, 1.165) is 25.0 Å². The first-order chi connectivity index (χ1) is 4.93. The van der Waals surface area contributed by atoms with Gasteiger partial charge in [0.05, 0.1) is 6.26 Å². The molecule has 0 aliphatic carbocycles. The van der Waals surface area contributed by atoms with E-state index in [0.29, 0.717) is 6.54 Å². The van der Waals surface area contributed by atoms with Crippen LogP contribution in [0.3, 0.4) is 0 Å². The maximum absolute atomic E-state index is 6.90. The highest BCUT2D eigenvalue weighted by molar-refractivity contribution is 4.97. The van der Waals surface area contributed by atoms with E-state index in [1.165, 1.54) is 0 Å². The van der Waals surface area contributed by atoms with Gasteiger partial charge < -0.3 is 4.42 Å². The van der Waals surface area contributed by atoms with E-state index in [-0.39, 0.29) is 0 Å². The van der Waals surface area contributed by atoms with Crippen molar-refractivity contribution in [2.24, 2.45) is 0 Å². The van der Waals surface area contributed by atoms with Gasteiger partial charge in [0.25, 0.3) is 0 Å². The molecule has 0 amide bonds. The molecule has 0 aromatic carbocycles. The van der Waals surface area contributed by atoms with Crippen LogP contribution in [-0.4, -0.2) is 6.54 Å². The first kappa shape index (κ1) is 7.35. The third-order valence-corrected chi connectivity index (χ3v) is 1.43. The zero-order valence-electron chi connectivity index (χ0n) is 5.97. The molecule has 0 fully saturated rings. The zero-order chi connectivity index (χ0) is 7.23. The second-order valence-corrected chi connectivity index (χ2v) is 2.29. The molecule has 1 N–H and O–H groups in total. The molecule has 0 unspecified atom stereocenters. The van der Waals surface area contributed by atoms with Crippen LogP contribution >= 0.6 is 0 Å². The van der Waals surface area contributed by atoms with Gasteiger partial charge in [-0.05, 0) is 25.0 Å². The minimum atomic E-state index is 0.528. The van der Waals surface area contributed by atoms with Gasteiger partial charge in [0.15, 0.2) is 0 Å². The molecule has 2 heteroatoms. The van der Waals surface area contributed by atoms with Gasteiger partial charge in [0.2, 0.25) is 0 Å². The fourth-order valence-corrected chi connectivity index (χ4v) is 0.879. The maximum atomic E-state index is 6.90. The number of hydrogen-bond donors (Lipinski definition) is 0. The molecule has 0 spiro atoms. The van der Waals surface area contributed by atoms with Gasteiger partial charge in [-0.25, -0.2) is 0 Å². The third-order valence-electron chi connectivity index (χ3n) is 1.43. The summed E-state index contributed by atoms with van der Waals surface area (Å²) in [4.78, 5) is 0. The number of unbranched alkanes of at least 4 members (excludes halogenated alkanes) is 1. The van der Waals surface area contributed by atoms with Crippen LogP contribution in [0.5, 0.6) is 0 Å². The Labute approximate surface area is 61.0 Å². The first-order valence-corrected chi connectivity index (χ1v) is 3.60.